The van der Waals surface area contributed by atoms with Gasteiger partial charge < -0.3 is 24.4 Å². The molecule has 3 aromatic rings. The lowest BCUT2D eigenvalue weighted by Crippen LogP contribution is -2.44. The summed E-state index contributed by atoms with van der Waals surface area (Å²) in [5.74, 6) is 0.309. The molecule has 37 heavy (non-hydrogen) atoms. The van der Waals surface area contributed by atoms with E-state index in [4.69, 9.17) is 4.74 Å². The van der Waals surface area contributed by atoms with Gasteiger partial charge in [-0.2, -0.15) is 0 Å². The fourth-order valence-corrected chi connectivity index (χ4v) is 4.06. The molecule has 0 spiro atoms. The maximum atomic E-state index is 13.6. The molecule has 2 aromatic carbocycles. The van der Waals surface area contributed by atoms with Crippen molar-refractivity contribution in [2.45, 2.75) is 46.2 Å². The molecule has 7 nitrogen and oxygen atoms in total. The van der Waals surface area contributed by atoms with Crippen LogP contribution in [0.25, 0.3) is 0 Å². The second kappa shape index (κ2) is 14.2. The quantitative estimate of drug-likeness (QED) is 0.307. The molecular weight excluding hydrogens is 464 g/mol. The molecule has 198 valence electrons. The summed E-state index contributed by atoms with van der Waals surface area (Å²) in [4.78, 5) is 30.3. The normalized spacial score (nSPS) is 10.9. The Bertz CT molecular complexity index is 1110. The van der Waals surface area contributed by atoms with Crippen LogP contribution in [0.15, 0.2) is 72.9 Å². The molecule has 0 aliphatic carbocycles. The minimum Gasteiger partial charge on any atom is -0.382 e. The van der Waals surface area contributed by atoms with Crippen molar-refractivity contribution in [3.8, 4) is 0 Å². The number of rotatable bonds is 13. The first kappa shape index (κ1) is 28.0. The maximum absolute atomic E-state index is 13.6. The van der Waals surface area contributed by atoms with Gasteiger partial charge in [-0.15, -0.1) is 0 Å². The zero-order valence-corrected chi connectivity index (χ0v) is 22.5. The number of ether oxygens (including phenoxy) is 1. The van der Waals surface area contributed by atoms with Crippen LogP contribution in [0.5, 0.6) is 0 Å². The molecule has 0 bridgehead atoms. The van der Waals surface area contributed by atoms with Gasteiger partial charge in [0.1, 0.15) is 6.54 Å². The Hall–Kier alpha value is -3.58. The lowest BCUT2D eigenvalue weighted by atomic mass is 10.0. The first-order valence-corrected chi connectivity index (χ1v) is 13.0. The fourth-order valence-electron chi connectivity index (χ4n) is 4.06. The smallest absolute Gasteiger partial charge is 0.322 e. The van der Waals surface area contributed by atoms with Gasteiger partial charge in [0, 0.05) is 50.9 Å². The van der Waals surface area contributed by atoms with Gasteiger partial charge in [-0.05, 0) is 54.7 Å². The summed E-state index contributed by atoms with van der Waals surface area (Å²) in [6.07, 6.45) is 2.62. The summed E-state index contributed by atoms with van der Waals surface area (Å²) in [5, 5.41) is 2.97. The van der Waals surface area contributed by atoms with Crippen molar-refractivity contribution in [3.05, 3.63) is 89.7 Å². The number of nitrogens with one attached hydrogen (secondary N) is 1. The van der Waals surface area contributed by atoms with E-state index in [9.17, 15) is 9.59 Å². The molecule has 0 saturated carbocycles. The Morgan fingerprint density at radius 2 is 1.68 bits per heavy atom. The average Bonchev–Trinajstić information content (AvgIpc) is 3.30. The van der Waals surface area contributed by atoms with Gasteiger partial charge in [-0.3, -0.25) is 4.79 Å². The van der Waals surface area contributed by atoms with Gasteiger partial charge in [0.15, 0.2) is 0 Å². The summed E-state index contributed by atoms with van der Waals surface area (Å²) in [6, 6.07) is 21.5. The molecule has 1 heterocycles. The van der Waals surface area contributed by atoms with E-state index in [1.54, 1.807) is 4.90 Å². The molecule has 1 aromatic heterocycles. The monoisotopic (exact) mass is 504 g/mol. The van der Waals surface area contributed by atoms with E-state index < -0.39 is 0 Å². The third-order valence-corrected chi connectivity index (χ3v) is 6.34. The minimum absolute atomic E-state index is 0.0146. The van der Waals surface area contributed by atoms with E-state index in [-0.39, 0.29) is 18.5 Å². The molecular formula is C30H40N4O3. The van der Waals surface area contributed by atoms with Crippen LogP contribution in [0, 0.1) is 0 Å². The van der Waals surface area contributed by atoms with Crippen molar-refractivity contribution < 1.29 is 14.3 Å². The van der Waals surface area contributed by atoms with Gasteiger partial charge in [-0.1, -0.05) is 56.3 Å². The van der Waals surface area contributed by atoms with E-state index >= 15 is 0 Å². The van der Waals surface area contributed by atoms with Crippen molar-refractivity contribution in [3.63, 3.8) is 0 Å². The average molecular weight is 505 g/mol. The highest BCUT2D eigenvalue weighted by Gasteiger charge is 2.22. The number of hydrogen-bond donors (Lipinski definition) is 1. The van der Waals surface area contributed by atoms with Crippen molar-refractivity contribution in [1.29, 1.82) is 0 Å². The maximum Gasteiger partial charge on any atom is 0.322 e. The third-order valence-electron chi connectivity index (χ3n) is 6.34. The largest absolute Gasteiger partial charge is 0.382 e. The minimum atomic E-state index is -0.291. The number of anilines is 1. The van der Waals surface area contributed by atoms with Gasteiger partial charge >= 0.3 is 6.03 Å². The SMILES string of the molecule is CCOCCCN(CC(=O)N(Cc1ccccc1)Cc1cccn1C)C(=O)Nc1ccc(C(C)C)cc1. The third kappa shape index (κ3) is 8.79. The highest BCUT2D eigenvalue weighted by Crippen LogP contribution is 2.18. The van der Waals surface area contributed by atoms with E-state index in [0.717, 1.165) is 11.3 Å². The van der Waals surface area contributed by atoms with E-state index in [2.05, 4.69) is 19.2 Å². The van der Waals surface area contributed by atoms with E-state index in [1.807, 2.05) is 96.4 Å². The molecule has 0 atom stereocenters. The number of urea groups is 1. The van der Waals surface area contributed by atoms with Gasteiger partial charge in [-0.25, -0.2) is 4.79 Å². The van der Waals surface area contributed by atoms with Crippen molar-refractivity contribution in [2.75, 3.05) is 31.6 Å². The number of carbonyl (C=O) groups excluding carboxylic acids is 2. The van der Waals surface area contributed by atoms with Crippen LogP contribution in [-0.4, -0.2) is 52.6 Å². The second-order valence-corrected chi connectivity index (χ2v) is 9.52. The number of amides is 3. The predicted molar refractivity (Wildman–Crippen MR) is 148 cm³/mol. The lowest BCUT2D eigenvalue weighted by Gasteiger charge is -2.28. The Labute approximate surface area is 221 Å². The van der Waals surface area contributed by atoms with Crippen LogP contribution in [-0.2, 0) is 29.7 Å². The molecule has 0 aliphatic rings. The molecule has 1 N–H and O–H groups in total. The first-order chi connectivity index (χ1) is 17.9. The zero-order chi connectivity index (χ0) is 26.6. The topological polar surface area (TPSA) is 66.8 Å². The van der Waals surface area contributed by atoms with Crippen LogP contribution in [0.1, 0.15) is 49.9 Å². The van der Waals surface area contributed by atoms with Crippen molar-refractivity contribution in [1.82, 2.24) is 14.4 Å². The fraction of sp³-hybridized carbons (Fsp3) is 0.400. The van der Waals surface area contributed by atoms with E-state index in [0.29, 0.717) is 50.9 Å². The Balaban J connectivity index is 1.75. The molecule has 0 unspecified atom stereocenters. The van der Waals surface area contributed by atoms with Crippen molar-refractivity contribution in [2.24, 2.45) is 7.05 Å². The molecule has 0 aliphatic heterocycles. The molecule has 0 saturated heterocycles. The number of benzene rings is 2. The molecule has 0 radical (unpaired) electrons. The van der Waals surface area contributed by atoms with Gasteiger partial charge in [0.25, 0.3) is 0 Å². The van der Waals surface area contributed by atoms with Crippen LogP contribution in [0.4, 0.5) is 10.5 Å². The standard InChI is InChI=1S/C30H40N4O3/c1-5-37-20-10-19-33(30(36)31-27-16-14-26(15-17-27)24(2)3)23-29(35)34(21-25-11-7-6-8-12-25)22-28-13-9-18-32(28)4/h6-9,11-18,24H,5,10,19-23H2,1-4H3,(H,31,36). The predicted octanol–water partition coefficient (Wildman–Crippen LogP) is 5.64. The highest BCUT2D eigenvalue weighted by atomic mass is 16.5. The number of nitrogens with zero attached hydrogens (tertiary/aromatic N) is 3. The Morgan fingerprint density at radius 3 is 2.30 bits per heavy atom. The lowest BCUT2D eigenvalue weighted by molar-refractivity contribution is -0.133. The van der Waals surface area contributed by atoms with E-state index in [1.165, 1.54) is 5.56 Å². The van der Waals surface area contributed by atoms with Crippen LogP contribution in [0.2, 0.25) is 0 Å². The Kier molecular flexibility index (Phi) is 10.8. The van der Waals surface area contributed by atoms with Crippen LogP contribution >= 0.6 is 0 Å². The summed E-state index contributed by atoms with van der Waals surface area (Å²) in [7, 11) is 1.97. The highest BCUT2D eigenvalue weighted by molar-refractivity contribution is 5.92. The van der Waals surface area contributed by atoms with Gasteiger partial charge in [0.05, 0.1) is 6.54 Å². The molecule has 3 rings (SSSR count). The zero-order valence-electron chi connectivity index (χ0n) is 22.5. The number of hydrogen-bond acceptors (Lipinski definition) is 3. The summed E-state index contributed by atoms with van der Waals surface area (Å²) < 4.78 is 7.49. The number of aromatic nitrogens is 1. The second-order valence-electron chi connectivity index (χ2n) is 9.52. The Morgan fingerprint density at radius 1 is 0.946 bits per heavy atom. The first-order valence-electron chi connectivity index (χ1n) is 13.0. The number of aryl methyl sites for hydroxylation is 1. The molecule has 0 fully saturated rings. The van der Waals surface area contributed by atoms with Crippen molar-refractivity contribution >= 4 is 17.6 Å². The van der Waals surface area contributed by atoms with Gasteiger partial charge in [0.2, 0.25) is 5.91 Å². The molecule has 7 heteroatoms. The number of carbonyl (C=O) groups is 2. The van der Waals surface area contributed by atoms with Crippen LogP contribution < -0.4 is 5.32 Å². The summed E-state index contributed by atoms with van der Waals surface area (Å²) >= 11 is 0. The van der Waals surface area contributed by atoms with Crippen LogP contribution in [0.3, 0.4) is 0 Å². The summed E-state index contributed by atoms with van der Waals surface area (Å²) in [5.41, 5.74) is 3.99. The summed E-state index contributed by atoms with van der Waals surface area (Å²) in [6.45, 7) is 8.71. The molecule has 3 amide bonds.